The second-order valence-electron chi connectivity index (χ2n) is 7.00. The van der Waals surface area contributed by atoms with Crippen LogP contribution in [0.2, 0.25) is 0 Å². The van der Waals surface area contributed by atoms with Gasteiger partial charge in [-0.25, -0.2) is 9.97 Å². The van der Waals surface area contributed by atoms with Gasteiger partial charge in [0.2, 0.25) is 0 Å². The van der Waals surface area contributed by atoms with Gasteiger partial charge >= 0.3 is 6.18 Å². The summed E-state index contributed by atoms with van der Waals surface area (Å²) in [7, 11) is 0. The van der Waals surface area contributed by atoms with Crippen LogP contribution in [0.25, 0.3) is 0 Å². The maximum absolute atomic E-state index is 12.8. The van der Waals surface area contributed by atoms with Crippen molar-refractivity contribution in [3.63, 3.8) is 0 Å². The van der Waals surface area contributed by atoms with Gasteiger partial charge in [-0.2, -0.15) is 13.2 Å². The van der Waals surface area contributed by atoms with Gasteiger partial charge in [0.05, 0.1) is 0 Å². The molecule has 4 nitrogen and oxygen atoms in total. The van der Waals surface area contributed by atoms with Gasteiger partial charge in [0.25, 0.3) is 0 Å². The van der Waals surface area contributed by atoms with E-state index in [0.717, 1.165) is 45.0 Å². The van der Waals surface area contributed by atoms with E-state index in [4.69, 9.17) is 0 Å². The first kappa shape index (κ1) is 16.5. The van der Waals surface area contributed by atoms with Gasteiger partial charge in [-0.15, -0.1) is 0 Å². The fraction of sp³-hybridized carbons (Fsp3) is 0.750. The van der Waals surface area contributed by atoms with E-state index >= 15 is 0 Å². The van der Waals surface area contributed by atoms with Crippen molar-refractivity contribution in [3.05, 3.63) is 18.1 Å². The number of piperidine rings is 1. The lowest BCUT2D eigenvalue weighted by Gasteiger charge is -2.54. The SMILES string of the molecule is CC(C)CCN1C[C@@H]2CN(c3cc(C(F)(F)F)ncn3)CC[C@H]21. The maximum atomic E-state index is 12.8. The fourth-order valence-corrected chi connectivity index (χ4v) is 3.54. The van der Waals surface area contributed by atoms with Gasteiger partial charge < -0.3 is 4.90 Å². The van der Waals surface area contributed by atoms with Crippen molar-refractivity contribution in [2.75, 3.05) is 31.1 Å². The number of alkyl halides is 3. The lowest BCUT2D eigenvalue weighted by Crippen LogP contribution is -2.63. The summed E-state index contributed by atoms with van der Waals surface area (Å²) >= 11 is 0. The Labute approximate surface area is 134 Å². The molecule has 1 aromatic heterocycles. The molecule has 0 aromatic carbocycles. The Kier molecular flexibility index (Phi) is 4.49. The third-order valence-corrected chi connectivity index (χ3v) is 4.89. The molecule has 0 unspecified atom stereocenters. The highest BCUT2D eigenvalue weighted by atomic mass is 19.4. The van der Waals surface area contributed by atoms with Crippen molar-refractivity contribution >= 4 is 5.82 Å². The standard InChI is InChI=1S/C16H23F3N4/c1-11(2)3-5-22-8-12-9-23(6-4-13(12)22)15-7-14(16(17,18)19)20-10-21-15/h7,10-13H,3-6,8-9H2,1-2H3/t12-,13-/m1/s1. The van der Waals surface area contributed by atoms with E-state index < -0.39 is 11.9 Å². The first-order valence-corrected chi connectivity index (χ1v) is 8.23. The van der Waals surface area contributed by atoms with Crippen molar-refractivity contribution < 1.29 is 13.2 Å². The van der Waals surface area contributed by atoms with E-state index in [1.54, 1.807) is 0 Å². The third-order valence-electron chi connectivity index (χ3n) is 4.89. The maximum Gasteiger partial charge on any atom is 0.433 e. The van der Waals surface area contributed by atoms with Crippen LogP contribution in [-0.4, -0.2) is 47.1 Å². The highest BCUT2D eigenvalue weighted by Gasteiger charge is 2.42. The van der Waals surface area contributed by atoms with Crippen LogP contribution in [0.1, 0.15) is 32.4 Å². The van der Waals surface area contributed by atoms with E-state index in [1.165, 1.54) is 6.42 Å². The summed E-state index contributed by atoms with van der Waals surface area (Å²) in [6.07, 6.45) is -1.21. The van der Waals surface area contributed by atoms with Crippen LogP contribution >= 0.6 is 0 Å². The molecule has 2 aliphatic heterocycles. The zero-order valence-electron chi connectivity index (χ0n) is 13.6. The van der Waals surface area contributed by atoms with Gasteiger partial charge in [-0.3, -0.25) is 4.90 Å². The smallest absolute Gasteiger partial charge is 0.356 e. The molecule has 2 aliphatic rings. The van der Waals surface area contributed by atoms with Crippen LogP contribution < -0.4 is 4.90 Å². The fourth-order valence-electron chi connectivity index (χ4n) is 3.54. The number of fused-ring (bicyclic) bond motifs is 1. The largest absolute Gasteiger partial charge is 0.433 e. The van der Waals surface area contributed by atoms with Crippen LogP contribution in [0.5, 0.6) is 0 Å². The Hall–Kier alpha value is -1.37. The zero-order valence-corrected chi connectivity index (χ0v) is 13.6. The minimum Gasteiger partial charge on any atom is -0.356 e. The topological polar surface area (TPSA) is 32.3 Å². The predicted molar refractivity (Wildman–Crippen MR) is 82.2 cm³/mol. The van der Waals surface area contributed by atoms with E-state index in [2.05, 4.69) is 28.7 Å². The Bertz CT molecular complexity index is 546. The number of hydrogen-bond donors (Lipinski definition) is 0. The summed E-state index contributed by atoms with van der Waals surface area (Å²) in [5, 5.41) is 0. The van der Waals surface area contributed by atoms with E-state index in [-0.39, 0.29) is 0 Å². The van der Waals surface area contributed by atoms with E-state index in [9.17, 15) is 13.2 Å². The number of nitrogens with zero attached hydrogens (tertiary/aromatic N) is 4. The molecule has 0 saturated carbocycles. The molecule has 2 saturated heterocycles. The van der Waals surface area contributed by atoms with Crippen molar-refractivity contribution in [1.82, 2.24) is 14.9 Å². The van der Waals surface area contributed by atoms with Gasteiger partial charge in [0.15, 0.2) is 0 Å². The molecule has 23 heavy (non-hydrogen) atoms. The highest BCUT2D eigenvalue weighted by Crippen LogP contribution is 2.35. The molecule has 128 valence electrons. The van der Waals surface area contributed by atoms with Crippen LogP contribution in [0.15, 0.2) is 12.4 Å². The van der Waals surface area contributed by atoms with Crippen LogP contribution in [0, 0.1) is 11.8 Å². The second kappa shape index (κ2) is 6.26. The van der Waals surface area contributed by atoms with Gasteiger partial charge in [0.1, 0.15) is 17.8 Å². The molecule has 1 aromatic rings. The minimum atomic E-state index is -4.42. The number of hydrogen-bond acceptors (Lipinski definition) is 4. The van der Waals surface area contributed by atoms with E-state index in [1.807, 2.05) is 4.90 Å². The number of rotatable bonds is 4. The first-order valence-electron chi connectivity index (χ1n) is 8.23. The number of halogens is 3. The lowest BCUT2D eigenvalue weighted by atomic mass is 9.82. The van der Waals surface area contributed by atoms with Gasteiger partial charge in [0, 0.05) is 37.7 Å². The summed E-state index contributed by atoms with van der Waals surface area (Å²) in [5.74, 6) is 1.64. The highest BCUT2D eigenvalue weighted by molar-refractivity contribution is 5.40. The van der Waals surface area contributed by atoms with Crippen molar-refractivity contribution in [2.45, 2.75) is 38.9 Å². The normalized spacial score (nSPS) is 25.4. The average Bonchev–Trinajstić information content (AvgIpc) is 2.47. The molecule has 0 N–H and O–H groups in total. The van der Waals surface area contributed by atoms with Crippen LogP contribution in [0.3, 0.4) is 0 Å². The second-order valence-corrected chi connectivity index (χ2v) is 7.00. The Morgan fingerprint density at radius 1 is 1.26 bits per heavy atom. The van der Waals surface area contributed by atoms with Gasteiger partial charge in [-0.1, -0.05) is 13.8 Å². The molecule has 2 fully saturated rings. The summed E-state index contributed by atoms with van der Waals surface area (Å²) in [6, 6.07) is 1.66. The van der Waals surface area contributed by atoms with Crippen LogP contribution in [0.4, 0.5) is 19.0 Å². The molecule has 3 heterocycles. The Morgan fingerprint density at radius 3 is 2.70 bits per heavy atom. The molecule has 0 spiro atoms. The van der Waals surface area contributed by atoms with Crippen molar-refractivity contribution in [1.29, 1.82) is 0 Å². The number of likely N-dealkylation sites (tertiary alicyclic amines) is 1. The molecule has 0 aliphatic carbocycles. The summed E-state index contributed by atoms with van der Waals surface area (Å²) in [5.41, 5.74) is -0.864. The molecular weight excluding hydrogens is 305 g/mol. The van der Waals surface area contributed by atoms with Crippen molar-refractivity contribution in [2.24, 2.45) is 11.8 Å². The average molecular weight is 328 g/mol. The molecule has 2 atom stereocenters. The third kappa shape index (κ3) is 3.59. The number of aromatic nitrogens is 2. The predicted octanol–water partition coefficient (Wildman–Crippen LogP) is 3.05. The number of anilines is 1. The van der Waals surface area contributed by atoms with E-state index in [0.29, 0.717) is 23.7 Å². The molecule has 3 rings (SSSR count). The van der Waals surface area contributed by atoms with Crippen LogP contribution in [-0.2, 0) is 6.18 Å². The minimum absolute atomic E-state index is 0.395. The Morgan fingerprint density at radius 2 is 2.04 bits per heavy atom. The molecule has 0 amide bonds. The monoisotopic (exact) mass is 328 g/mol. The first-order chi connectivity index (χ1) is 10.8. The van der Waals surface area contributed by atoms with Crippen molar-refractivity contribution in [3.8, 4) is 0 Å². The quantitative estimate of drug-likeness (QED) is 0.850. The summed E-state index contributed by atoms with van der Waals surface area (Å²) in [4.78, 5) is 11.9. The summed E-state index contributed by atoms with van der Waals surface area (Å²) in [6.45, 7) is 8.18. The van der Waals surface area contributed by atoms with Gasteiger partial charge in [-0.05, 0) is 25.3 Å². The summed E-state index contributed by atoms with van der Waals surface area (Å²) < 4.78 is 38.3. The Balaban J connectivity index is 1.60. The zero-order chi connectivity index (χ0) is 16.6. The molecule has 7 heteroatoms. The molecular formula is C16H23F3N4. The molecule has 0 bridgehead atoms. The lowest BCUT2D eigenvalue weighted by molar-refractivity contribution is -0.141. The molecule has 0 radical (unpaired) electrons.